The number of ether oxygens (including phenoxy) is 2. The van der Waals surface area contributed by atoms with Crippen molar-refractivity contribution in [3.05, 3.63) is 53.1 Å². The van der Waals surface area contributed by atoms with Crippen LogP contribution in [0.3, 0.4) is 0 Å². The Morgan fingerprint density at radius 2 is 1.54 bits per heavy atom. The van der Waals surface area contributed by atoms with Crippen LogP contribution in [0.5, 0.6) is 5.75 Å². The SMILES string of the molecule is CCOC(=O)c1ccc(NC(=O)C(=O)Nc2ccc(OC)c(Cl)c2)cc1. The summed E-state index contributed by atoms with van der Waals surface area (Å²) in [5.41, 5.74) is 1.07. The molecular weight excluding hydrogens is 360 g/mol. The second-order valence-electron chi connectivity index (χ2n) is 5.06. The topological polar surface area (TPSA) is 93.7 Å². The Kier molecular flexibility index (Phi) is 6.57. The first kappa shape index (κ1) is 19.3. The predicted molar refractivity (Wildman–Crippen MR) is 97.7 cm³/mol. The highest BCUT2D eigenvalue weighted by Gasteiger charge is 2.15. The van der Waals surface area contributed by atoms with Crippen molar-refractivity contribution in [2.45, 2.75) is 6.92 Å². The van der Waals surface area contributed by atoms with Gasteiger partial charge in [-0.05, 0) is 49.4 Å². The van der Waals surface area contributed by atoms with E-state index in [0.717, 1.165) is 0 Å². The monoisotopic (exact) mass is 376 g/mol. The number of halogens is 1. The minimum absolute atomic E-state index is 0.271. The average Bonchev–Trinajstić information content (AvgIpc) is 2.62. The Balaban J connectivity index is 1.97. The van der Waals surface area contributed by atoms with Gasteiger partial charge in [0.15, 0.2) is 0 Å². The van der Waals surface area contributed by atoms with Crippen LogP contribution < -0.4 is 15.4 Å². The summed E-state index contributed by atoms with van der Waals surface area (Å²) in [7, 11) is 1.47. The molecule has 0 spiro atoms. The molecule has 0 aliphatic heterocycles. The lowest BCUT2D eigenvalue weighted by atomic mass is 10.2. The number of carbonyl (C=O) groups excluding carboxylic acids is 3. The van der Waals surface area contributed by atoms with Gasteiger partial charge in [-0.25, -0.2) is 4.79 Å². The second kappa shape index (κ2) is 8.87. The minimum Gasteiger partial charge on any atom is -0.495 e. The third kappa shape index (κ3) is 4.97. The summed E-state index contributed by atoms with van der Waals surface area (Å²) in [5, 5.41) is 5.18. The van der Waals surface area contributed by atoms with Gasteiger partial charge in [0.1, 0.15) is 5.75 Å². The molecular formula is C18H17ClN2O5. The summed E-state index contributed by atoms with van der Waals surface area (Å²) in [6.45, 7) is 1.98. The van der Waals surface area contributed by atoms with Crippen molar-refractivity contribution in [3.63, 3.8) is 0 Å². The Morgan fingerprint density at radius 3 is 2.08 bits per heavy atom. The minimum atomic E-state index is -0.860. The lowest BCUT2D eigenvalue weighted by Crippen LogP contribution is -2.29. The predicted octanol–water partition coefficient (Wildman–Crippen LogP) is 3.10. The van der Waals surface area contributed by atoms with E-state index in [0.29, 0.717) is 27.7 Å². The zero-order chi connectivity index (χ0) is 19.1. The van der Waals surface area contributed by atoms with Crippen molar-refractivity contribution in [2.75, 3.05) is 24.4 Å². The van der Waals surface area contributed by atoms with Gasteiger partial charge in [0, 0.05) is 11.4 Å². The van der Waals surface area contributed by atoms with Crippen LogP contribution in [0.15, 0.2) is 42.5 Å². The number of esters is 1. The fourth-order valence-electron chi connectivity index (χ4n) is 2.02. The van der Waals surface area contributed by atoms with Crippen LogP contribution in [0.25, 0.3) is 0 Å². The highest BCUT2D eigenvalue weighted by Crippen LogP contribution is 2.27. The van der Waals surface area contributed by atoms with E-state index in [4.69, 9.17) is 21.1 Å². The molecule has 0 heterocycles. The molecule has 2 aromatic carbocycles. The van der Waals surface area contributed by atoms with Crippen molar-refractivity contribution >= 4 is 40.8 Å². The molecule has 0 unspecified atom stereocenters. The highest BCUT2D eigenvalue weighted by molar-refractivity contribution is 6.43. The smallest absolute Gasteiger partial charge is 0.338 e. The van der Waals surface area contributed by atoms with Gasteiger partial charge in [-0.2, -0.15) is 0 Å². The van der Waals surface area contributed by atoms with Gasteiger partial charge in [0.2, 0.25) is 0 Å². The van der Waals surface area contributed by atoms with Gasteiger partial charge in [-0.15, -0.1) is 0 Å². The molecule has 0 aliphatic carbocycles. The van der Waals surface area contributed by atoms with Gasteiger partial charge in [-0.3, -0.25) is 9.59 Å². The summed E-state index contributed by atoms with van der Waals surface area (Å²) in [6.07, 6.45) is 0. The number of carbonyl (C=O) groups is 3. The Hall–Kier alpha value is -3.06. The van der Waals surface area contributed by atoms with Crippen LogP contribution in [0.2, 0.25) is 5.02 Å². The lowest BCUT2D eigenvalue weighted by Gasteiger charge is -2.09. The third-order valence-corrected chi connectivity index (χ3v) is 3.57. The number of nitrogens with one attached hydrogen (secondary N) is 2. The first-order valence-electron chi connectivity index (χ1n) is 7.67. The Morgan fingerprint density at radius 1 is 0.962 bits per heavy atom. The van der Waals surface area contributed by atoms with E-state index < -0.39 is 17.8 Å². The van der Waals surface area contributed by atoms with Gasteiger partial charge in [-0.1, -0.05) is 11.6 Å². The summed E-state index contributed by atoms with van der Waals surface area (Å²) >= 11 is 5.97. The molecule has 0 saturated heterocycles. The fourth-order valence-corrected chi connectivity index (χ4v) is 2.28. The highest BCUT2D eigenvalue weighted by atomic mass is 35.5. The summed E-state index contributed by atoms with van der Waals surface area (Å²) in [6, 6.07) is 10.6. The first-order valence-corrected chi connectivity index (χ1v) is 8.05. The number of anilines is 2. The van der Waals surface area contributed by atoms with Crippen molar-refractivity contribution in [1.82, 2.24) is 0 Å². The van der Waals surface area contributed by atoms with Crippen LogP contribution in [0.1, 0.15) is 17.3 Å². The number of hydrogen-bond donors (Lipinski definition) is 2. The van der Waals surface area contributed by atoms with E-state index in [1.54, 1.807) is 19.1 Å². The first-order chi connectivity index (χ1) is 12.4. The van der Waals surface area contributed by atoms with Crippen LogP contribution in [0, 0.1) is 0 Å². The number of hydrogen-bond acceptors (Lipinski definition) is 5. The van der Waals surface area contributed by atoms with Crippen molar-refractivity contribution in [2.24, 2.45) is 0 Å². The molecule has 2 aromatic rings. The number of amides is 2. The molecule has 0 aromatic heterocycles. The van der Waals surface area contributed by atoms with Crippen LogP contribution in [-0.4, -0.2) is 31.5 Å². The standard InChI is InChI=1S/C18H17ClN2O5/c1-3-26-18(24)11-4-6-12(7-5-11)20-16(22)17(23)21-13-8-9-15(25-2)14(19)10-13/h4-10H,3H2,1-2H3,(H,20,22)(H,21,23). The third-order valence-electron chi connectivity index (χ3n) is 3.27. The van der Waals surface area contributed by atoms with Gasteiger partial charge < -0.3 is 20.1 Å². The zero-order valence-electron chi connectivity index (χ0n) is 14.2. The molecule has 0 aliphatic rings. The molecule has 2 rings (SSSR count). The normalized spacial score (nSPS) is 9.96. The number of rotatable bonds is 5. The van der Waals surface area contributed by atoms with E-state index in [2.05, 4.69) is 10.6 Å². The summed E-state index contributed by atoms with van der Waals surface area (Å²) in [5.74, 6) is -1.73. The molecule has 0 saturated carbocycles. The Labute approximate surface area is 155 Å². The van der Waals surface area contributed by atoms with Crippen LogP contribution in [-0.2, 0) is 14.3 Å². The van der Waals surface area contributed by atoms with E-state index in [1.807, 2.05) is 0 Å². The molecule has 2 N–H and O–H groups in total. The van der Waals surface area contributed by atoms with E-state index >= 15 is 0 Å². The number of benzene rings is 2. The average molecular weight is 377 g/mol. The largest absolute Gasteiger partial charge is 0.495 e. The molecule has 2 amide bonds. The van der Waals surface area contributed by atoms with Crippen molar-refractivity contribution in [1.29, 1.82) is 0 Å². The molecule has 0 atom stereocenters. The maximum absolute atomic E-state index is 12.0. The van der Waals surface area contributed by atoms with Gasteiger partial charge in [0.25, 0.3) is 0 Å². The fraction of sp³-hybridized carbons (Fsp3) is 0.167. The van der Waals surface area contributed by atoms with E-state index in [-0.39, 0.29) is 6.61 Å². The molecule has 0 radical (unpaired) electrons. The molecule has 26 heavy (non-hydrogen) atoms. The molecule has 0 fully saturated rings. The molecule has 8 heteroatoms. The number of methoxy groups -OCH3 is 1. The summed E-state index contributed by atoms with van der Waals surface area (Å²) in [4.78, 5) is 35.5. The second-order valence-corrected chi connectivity index (χ2v) is 5.46. The van der Waals surface area contributed by atoms with Crippen LogP contribution in [0.4, 0.5) is 11.4 Å². The van der Waals surface area contributed by atoms with Crippen LogP contribution >= 0.6 is 11.6 Å². The van der Waals surface area contributed by atoms with Crippen molar-refractivity contribution in [3.8, 4) is 5.75 Å². The molecule has 136 valence electrons. The van der Waals surface area contributed by atoms with Crippen molar-refractivity contribution < 1.29 is 23.9 Å². The molecule has 7 nitrogen and oxygen atoms in total. The van der Waals surface area contributed by atoms with Gasteiger partial charge >= 0.3 is 17.8 Å². The molecule has 0 bridgehead atoms. The lowest BCUT2D eigenvalue weighted by molar-refractivity contribution is -0.132. The summed E-state index contributed by atoms with van der Waals surface area (Å²) < 4.78 is 9.89. The Bertz CT molecular complexity index is 821. The van der Waals surface area contributed by atoms with Gasteiger partial charge in [0.05, 0.1) is 24.3 Å². The van der Waals surface area contributed by atoms with E-state index in [9.17, 15) is 14.4 Å². The maximum Gasteiger partial charge on any atom is 0.338 e. The van der Waals surface area contributed by atoms with E-state index in [1.165, 1.54) is 37.4 Å². The quantitative estimate of drug-likeness (QED) is 0.617. The zero-order valence-corrected chi connectivity index (χ0v) is 14.9. The maximum atomic E-state index is 12.0.